The molecule has 0 saturated carbocycles. The lowest BCUT2D eigenvalue weighted by Crippen LogP contribution is -2.48. The van der Waals surface area contributed by atoms with Gasteiger partial charge in [-0.1, -0.05) is 83.5 Å². The quantitative estimate of drug-likeness (QED) is 0.137. The van der Waals surface area contributed by atoms with Gasteiger partial charge in [0.05, 0.1) is 13.2 Å². The van der Waals surface area contributed by atoms with Gasteiger partial charge < -0.3 is 14.4 Å². The molecule has 1 atom stereocenters. The summed E-state index contributed by atoms with van der Waals surface area (Å²) in [5, 5.41) is 0. The molecular formula is C34H44N2O7S2. The zero-order valence-corrected chi connectivity index (χ0v) is 28.5. The van der Waals surface area contributed by atoms with Crippen LogP contribution < -0.4 is 4.72 Å². The van der Waals surface area contributed by atoms with Crippen molar-refractivity contribution >= 4 is 39.3 Å². The van der Waals surface area contributed by atoms with Crippen LogP contribution in [0, 0.1) is 11.8 Å². The predicted octanol–water partition coefficient (Wildman–Crippen LogP) is 7.06. The molecule has 1 aromatic heterocycles. The van der Waals surface area contributed by atoms with E-state index in [0.29, 0.717) is 35.4 Å². The van der Waals surface area contributed by atoms with Crippen LogP contribution in [-0.2, 0) is 37.3 Å². The van der Waals surface area contributed by atoms with Crippen molar-refractivity contribution in [2.75, 3.05) is 13.2 Å². The second-order valence-electron chi connectivity index (χ2n) is 11.5. The third kappa shape index (κ3) is 9.89. The van der Waals surface area contributed by atoms with Crippen LogP contribution in [0.5, 0.6) is 0 Å². The van der Waals surface area contributed by atoms with Crippen LogP contribution in [0.1, 0.15) is 75.2 Å². The molecule has 3 rings (SSSR count). The second kappa shape index (κ2) is 16.6. The van der Waals surface area contributed by atoms with Gasteiger partial charge in [0.2, 0.25) is 0 Å². The Labute approximate surface area is 271 Å². The number of nitrogens with one attached hydrogen (secondary N) is 1. The monoisotopic (exact) mass is 656 g/mol. The number of rotatable bonds is 15. The van der Waals surface area contributed by atoms with E-state index >= 15 is 0 Å². The lowest BCUT2D eigenvalue weighted by Gasteiger charge is -2.33. The average molecular weight is 657 g/mol. The van der Waals surface area contributed by atoms with Crippen LogP contribution in [0.2, 0.25) is 0 Å². The molecule has 0 saturated heterocycles. The first-order valence-corrected chi connectivity index (χ1v) is 17.6. The van der Waals surface area contributed by atoms with Crippen LogP contribution in [0.25, 0.3) is 11.1 Å². The van der Waals surface area contributed by atoms with Crippen molar-refractivity contribution in [3.05, 3.63) is 76.7 Å². The molecule has 45 heavy (non-hydrogen) atoms. The van der Waals surface area contributed by atoms with Crippen LogP contribution in [0.15, 0.2) is 64.9 Å². The first-order valence-electron chi connectivity index (χ1n) is 15.3. The standard InChI is InChI=1S/C34H44N2O7S2/c1-7-9-19-43-34(39)35-45(40,41)33-29(21-28(44-33)20-23(3)4)26-17-15-25(16-18-26)22-36(30(24(5)6)32(38)42-8-2)31(37)27-13-11-10-12-14-27/h10-18,21,23-24,30H,7-9,19-20,22H2,1-6H3,(H,35,39)/t30-/m0/s1. The van der Waals surface area contributed by atoms with Crippen LogP contribution >= 0.6 is 11.3 Å². The molecule has 9 nitrogen and oxygen atoms in total. The number of sulfonamides is 1. The fraction of sp³-hybridized carbons (Fsp3) is 0.441. The zero-order valence-electron chi connectivity index (χ0n) is 26.9. The van der Waals surface area contributed by atoms with Gasteiger partial charge in [-0.15, -0.1) is 11.3 Å². The maximum atomic E-state index is 13.7. The first-order chi connectivity index (χ1) is 21.4. The summed E-state index contributed by atoms with van der Waals surface area (Å²) in [4.78, 5) is 41.4. The van der Waals surface area contributed by atoms with Crippen molar-refractivity contribution in [1.82, 2.24) is 9.62 Å². The molecule has 0 aliphatic heterocycles. The van der Waals surface area contributed by atoms with Crippen molar-refractivity contribution in [3.63, 3.8) is 0 Å². The molecule has 0 radical (unpaired) electrons. The van der Waals surface area contributed by atoms with E-state index in [1.807, 2.05) is 45.0 Å². The molecular weight excluding hydrogens is 613 g/mol. The molecule has 244 valence electrons. The molecule has 3 aromatic rings. The number of nitrogens with zero attached hydrogens (tertiary/aromatic N) is 1. The van der Waals surface area contributed by atoms with Crippen LogP contribution in [-0.4, -0.2) is 50.5 Å². The number of benzene rings is 2. The largest absolute Gasteiger partial charge is 0.464 e. The van der Waals surface area contributed by atoms with Gasteiger partial charge in [0.25, 0.3) is 15.9 Å². The Morgan fingerprint density at radius 3 is 2.18 bits per heavy atom. The van der Waals surface area contributed by atoms with Gasteiger partial charge in [0, 0.05) is 22.5 Å². The molecule has 2 aromatic carbocycles. The highest BCUT2D eigenvalue weighted by atomic mass is 32.2. The first kappa shape index (κ1) is 35.8. The van der Waals surface area contributed by atoms with Crippen molar-refractivity contribution in [3.8, 4) is 11.1 Å². The highest BCUT2D eigenvalue weighted by molar-refractivity contribution is 7.92. The summed E-state index contributed by atoms with van der Waals surface area (Å²) >= 11 is 1.13. The number of esters is 1. The Kier molecular flexibility index (Phi) is 13.2. The van der Waals surface area contributed by atoms with Gasteiger partial charge in [0.15, 0.2) is 0 Å². The smallest absolute Gasteiger partial charge is 0.421 e. The van der Waals surface area contributed by atoms with Gasteiger partial charge in [-0.25, -0.2) is 22.7 Å². The number of hydrogen-bond acceptors (Lipinski definition) is 8. The number of unbranched alkanes of at least 4 members (excludes halogenated alkanes) is 1. The van der Waals surface area contributed by atoms with E-state index in [1.54, 1.807) is 43.3 Å². The Morgan fingerprint density at radius 1 is 0.933 bits per heavy atom. The number of ether oxygens (including phenoxy) is 2. The molecule has 0 bridgehead atoms. The van der Waals surface area contributed by atoms with E-state index in [4.69, 9.17) is 9.47 Å². The van der Waals surface area contributed by atoms with Crippen LogP contribution in [0.3, 0.4) is 0 Å². The Balaban J connectivity index is 1.97. The fourth-order valence-corrected chi connectivity index (χ4v) is 7.68. The van der Waals surface area contributed by atoms with Gasteiger partial charge in [-0.05, 0) is 60.9 Å². The number of thiophene rings is 1. The van der Waals surface area contributed by atoms with Crippen molar-refractivity contribution in [2.45, 2.75) is 77.6 Å². The summed E-state index contributed by atoms with van der Waals surface area (Å²) < 4.78 is 39.2. The highest BCUT2D eigenvalue weighted by Crippen LogP contribution is 2.36. The van der Waals surface area contributed by atoms with E-state index in [0.717, 1.165) is 28.2 Å². The van der Waals surface area contributed by atoms with Crippen molar-refractivity contribution < 1.29 is 32.3 Å². The summed E-state index contributed by atoms with van der Waals surface area (Å²) in [6, 6.07) is 17.0. The van der Waals surface area contributed by atoms with Crippen molar-refractivity contribution in [1.29, 1.82) is 0 Å². The molecule has 1 heterocycles. The maximum absolute atomic E-state index is 13.7. The minimum Gasteiger partial charge on any atom is -0.464 e. The third-order valence-electron chi connectivity index (χ3n) is 6.95. The fourth-order valence-electron chi connectivity index (χ4n) is 4.84. The number of amides is 2. The molecule has 2 amide bonds. The number of carbonyl (C=O) groups is 3. The van der Waals surface area contributed by atoms with Gasteiger partial charge >= 0.3 is 12.1 Å². The van der Waals surface area contributed by atoms with Gasteiger partial charge in [-0.3, -0.25) is 4.79 Å². The molecule has 0 spiro atoms. The van der Waals surface area contributed by atoms with E-state index in [2.05, 4.69) is 18.6 Å². The summed E-state index contributed by atoms with van der Waals surface area (Å²) in [6.45, 7) is 12.0. The highest BCUT2D eigenvalue weighted by Gasteiger charge is 2.34. The Bertz CT molecular complexity index is 1530. The molecule has 0 aliphatic carbocycles. The number of hydrogen-bond donors (Lipinski definition) is 1. The average Bonchev–Trinajstić information content (AvgIpc) is 3.41. The summed E-state index contributed by atoms with van der Waals surface area (Å²) in [5.41, 5.74) is 2.31. The van der Waals surface area contributed by atoms with Crippen LogP contribution in [0.4, 0.5) is 4.79 Å². The number of carbonyl (C=O) groups excluding carboxylic acids is 3. The van der Waals surface area contributed by atoms with E-state index in [9.17, 15) is 22.8 Å². The molecule has 1 N–H and O–H groups in total. The van der Waals surface area contributed by atoms with Gasteiger partial charge in [-0.2, -0.15) is 0 Å². The topological polar surface area (TPSA) is 119 Å². The second-order valence-corrected chi connectivity index (χ2v) is 14.6. The van der Waals surface area contributed by atoms with E-state index in [1.165, 1.54) is 4.90 Å². The predicted molar refractivity (Wildman–Crippen MR) is 176 cm³/mol. The molecule has 0 aliphatic rings. The normalized spacial score (nSPS) is 12.2. The van der Waals surface area contributed by atoms with E-state index < -0.39 is 28.1 Å². The Hall–Kier alpha value is -3.70. The zero-order chi connectivity index (χ0) is 33.1. The minimum atomic E-state index is -4.21. The summed E-state index contributed by atoms with van der Waals surface area (Å²) in [5.74, 6) is -0.689. The molecule has 11 heteroatoms. The molecule has 0 fully saturated rings. The lowest BCUT2D eigenvalue weighted by molar-refractivity contribution is -0.150. The van der Waals surface area contributed by atoms with Gasteiger partial charge in [0.1, 0.15) is 10.3 Å². The minimum absolute atomic E-state index is 0.0291. The van der Waals surface area contributed by atoms with E-state index in [-0.39, 0.29) is 35.8 Å². The SMILES string of the molecule is CCCCOC(=O)NS(=O)(=O)c1sc(CC(C)C)cc1-c1ccc(CN(C(=O)c2ccccc2)[C@H](C(=O)OCC)C(C)C)cc1. The molecule has 0 unspecified atom stereocenters. The van der Waals surface area contributed by atoms with Crippen molar-refractivity contribution in [2.24, 2.45) is 11.8 Å². The maximum Gasteiger partial charge on any atom is 0.421 e. The summed E-state index contributed by atoms with van der Waals surface area (Å²) in [7, 11) is -4.21. The Morgan fingerprint density at radius 2 is 1.60 bits per heavy atom. The third-order valence-corrected chi connectivity index (χ3v) is 9.95. The lowest BCUT2D eigenvalue weighted by atomic mass is 9.99. The summed E-state index contributed by atoms with van der Waals surface area (Å²) in [6.07, 6.45) is 1.11.